The first-order chi connectivity index (χ1) is 15.6. The van der Waals surface area contributed by atoms with Crippen LogP contribution in [0, 0.1) is 11.6 Å². The van der Waals surface area contributed by atoms with Crippen LogP contribution in [0.25, 0.3) is 0 Å². The van der Waals surface area contributed by atoms with E-state index < -0.39 is 35.3 Å². The van der Waals surface area contributed by atoms with Crippen LogP contribution >= 0.6 is 0 Å². The Morgan fingerprint density at radius 2 is 1.85 bits per heavy atom. The molecule has 0 aliphatic heterocycles. The van der Waals surface area contributed by atoms with E-state index in [0.717, 1.165) is 29.8 Å². The van der Waals surface area contributed by atoms with Gasteiger partial charge in [-0.1, -0.05) is 6.07 Å². The molecule has 11 heteroatoms. The van der Waals surface area contributed by atoms with Gasteiger partial charge in [0.2, 0.25) is 5.88 Å². The van der Waals surface area contributed by atoms with Gasteiger partial charge < -0.3 is 15.4 Å². The highest BCUT2D eigenvalue weighted by molar-refractivity contribution is 5.95. The first-order valence-corrected chi connectivity index (χ1v) is 9.79. The first-order valence-electron chi connectivity index (χ1n) is 9.79. The number of alkyl halides is 3. The monoisotopic (exact) mass is 464 g/mol. The highest BCUT2D eigenvalue weighted by Crippen LogP contribution is 2.37. The van der Waals surface area contributed by atoms with E-state index >= 15 is 0 Å². The zero-order valence-electron chi connectivity index (χ0n) is 17.1. The average molecular weight is 464 g/mol. The highest BCUT2D eigenvalue weighted by atomic mass is 19.4. The molecule has 0 bridgehead atoms. The van der Waals surface area contributed by atoms with Crippen LogP contribution < -0.4 is 15.4 Å². The molecule has 33 heavy (non-hydrogen) atoms. The number of ether oxygens (including phenoxy) is 1. The highest BCUT2D eigenvalue weighted by Gasteiger charge is 2.34. The molecule has 1 amide bonds. The summed E-state index contributed by atoms with van der Waals surface area (Å²) in [4.78, 5) is 21.0. The Morgan fingerprint density at radius 3 is 2.52 bits per heavy atom. The smallest absolute Gasteiger partial charge is 0.416 e. The normalized spacial score (nSPS) is 15.2. The van der Waals surface area contributed by atoms with Crippen LogP contribution in [0.2, 0.25) is 0 Å². The lowest BCUT2D eigenvalue weighted by Crippen LogP contribution is -2.29. The SMILES string of the molecule is COc1ncc(Nc2cc(F)cc(F)c2)nc1C(=O)NC1CCc2ccc(C(F)(F)F)cc21. The van der Waals surface area contributed by atoms with Crippen molar-refractivity contribution < 1.29 is 31.5 Å². The fraction of sp³-hybridized carbons (Fsp3) is 0.227. The van der Waals surface area contributed by atoms with Crippen LogP contribution in [0.5, 0.6) is 5.88 Å². The number of amides is 1. The topological polar surface area (TPSA) is 76.1 Å². The van der Waals surface area contributed by atoms with Gasteiger partial charge in [-0.2, -0.15) is 13.2 Å². The minimum Gasteiger partial charge on any atom is -0.479 e. The third-order valence-electron chi connectivity index (χ3n) is 5.14. The number of fused-ring (bicyclic) bond motifs is 1. The molecule has 1 aliphatic rings. The number of carbonyl (C=O) groups excluding carboxylic acids is 1. The molecule has 2 aromatic carbocycles. The van der Waals surface area contributed by atoms with Crippen molar-refractivity contribution in [3.8, 4) is 5.88 Å². The van der Waals surface area contributed by atoms with Crippen molar-refractivity contribution in [2.75, 3.05) is 12.4 Å². The van der Waals surface area contributed by atoms with Crippen molar-refractivity contribution in [1.82, 2.24) is 15.3 Å². The van der Waals surface area contributed by atoms with E-state index in [1.165, 1.54) is 19.4 Å². The zero-order chi connectivity index (χ0) is 23.8. The van der Waals surface area contributed by atoms with Crippen molar-refractivity contribution in [1.29, 1.82) is 0 Å². The molecule has 0 fully saturated rings. The third kappa shape index (κ3) is 4.86. The van der Waals surface area contributed by atoms with E-state index in [1.807, 2.05) is 0 Å². The second kappa shape index (κ2) is 8.64. The molecule has 1 atom stereocenters. The summed E-state index contributed by atoms with van der Waals surface area (Å²) in [6.45, 7) is 0. The molecule has 2 N–H and O–H groups in total. The molecular weight excluding hydrogens is 447 g/mol. The van der Waals surface area contributed by atoms with Crippen molar-refractivity contribution in [2.45, 2.75) is 25.1 Å². The summed E-state index contributed by atoms with van der Waals surface area (Å²) in [6, 6.07) is 5.57. The Balaban J connectivity index is 1.58. The lowest BCUT2D eigenvalue weighted by Gasteiger charge is -2.17. The molecule has 6 nitrogen and oxygen atoms in total. The van der Waals surface area contributed by atoms with Gasteiger partial charge >= 0.3 is 6.18 Å². The summed E-state index contributed by atoms with van der Waals surface area (Å²) >= 11 is 0. The molecule has 0 radical (unpaired) electrons. The van der Waals surface area contributed by atoms with Crippen LogP contribution in [0.1, 0.15) is 39.6 Å². The van der Waals surface area contributed by atoms with Gasteiger partial charge in [0, 0.05) is 11.8 Å². The summed E-state index contributed by atoms with van der Waals surface area (Å²) in [5.41, 5.74) is 0.111. The van der Waals surface area contributed by atoms with E-state index in [9.17, 15) is 26.7 Å². The number of rotatable bonds is 5. The molecule has 1 aromatic heterocycles. The lowest BCUT2D eigenvalue weighted by atomic mass is 10.0. The molecule has 0 spiro atoms. The van der Waals surface area contributed by atoms with Crippen LogP contribution in [-0.2, 0) is 12.6 Å². The molecule has 3 aromatic rings. The van der Waals surface area contributed by atoms with E-state index in [2.05, 4.69) is 20.6 Å². The molecule has 1 heterocycles. The van der Waals surface area contributed by atoms with E-state index in [-0.39, 0.29) is 23.1 Å². The standard InChI is InChI=1S/C22H17F5N4O2/c1-33-21-19(31-18(10-28-21)29-15-8-13(23)7-14(24)9-15)20(32)30-17-5-3-11-2-4-12(6-16(11)17)22(25,26)27/h2,4,6-10,17H,3,5H2,1H3,(H,29,31)(H,30,32). The molecule has 0 saturated heterocycles. The predicted molar refractivity (Wildman–Crippen MR) is 108 cm³/mol. The number of hydrogen-bond donors (Lipinski definition) is 2. The number of nitrogens with one attached hydrogen (secondary N) is 2. The number of halogens is 5. The number of nitrogens with zero attached hydrogens (tertiary/aromatic N) is 2. The Hall–Kier alpha value is -3.76. The minimum absolute atomic E-state index is 0.0112. The van der Waals surface area contributed by atoms with Crippen molar-refractivity contribution in [3.05, 3.63) is 76.6 Å². The molecule has 4 rings (SSSR count). The lowest BCUT2D eigenvalue weighted by molar-refractivity contribution is -0.137. The maximum Gasteiger partial charge on any atom is 0.416 e. The number of hydrogen-bond acceptors (Lipinski definition) is 5. The Kier molecular flexibility index (Phi) is 5.88. The molecule has 1 aliphatic carbocycles. The molecule has 0 saturated carbocycles. The second-order valence-corrected chi connectivity index (χ2v) is 7.37. The second-order valence-electron chi connectivity index (χ2n) is 7.37. The average Bonchev–Trinajstić information content (AvgIpc) is 3.14. The summed E-state index contributed by atoms with van der Waals surface area (Å²) < 4.78 is 71.3. The Morgan fingerprint density at radius 1 is 1.12 bits per heavy atom. The maximum absolute atomic E-state index is 13.4. The van der Waals surface area contributed by atoms with Crippen LogP contribution in [-0.4, -0.2) is 23.0 Å². The fourth-order valence-corrected chi connectivity index (χ4v) is 3.66. The van der Waals surface area contributed by atoms with Gasteiger partial charge in [-0.15, -0.1) is 0 Å². The van der Waals surface area contributed by atoms with Crippen molar-refractivity contribution in [2.24, 2.45) is 0 Å². The minimum atomic E-state index is -4.50. The van der Waals surface area contributed by atoms with E-state index in [4.69, 9.17) is 4.74 Å². The van der Waals surface area contributed by atoms with Gasteiger partial charge in [-0.25, -0.2) is 18.7 Å². The number of anilines is 2. The van der Waals surface area contributed by atoms with Crippen molar-refractivity contribution >= 4 is 17.4 Å². The number of aromatic nitrogens is 2. The van der Waals surface area contributed by atoms with Crippen LogP contribution in [0.15, 0.2) is 42.6 Å². The van der Waals surface area contributed by atoms with Gasteiger partial charge in [0.15, 0.2) is 5.69 Å². The maximum atomic E-state index is 13.4. The number of methoxy groups -OCH3 is 1. The number of benzene rings is 2. The van der Waals surface area contributed by atoms with Gasteiger partial charge in [0.25, 0.3) is 5.91 Å². The Bertz CT molecular complexity index is 1200. The predicted octanol–water partition coefficient (Wildman–Crippen LogP) is 4.94. The van der Waals surface area contributed by atoms with E-state index in [0.29, 0.717) is 24.5 Å². The van der Waals surface area contributed by atoms with E-state index in [1.54, 1.807) is 0 Å². The largest absolute Gasteiger partial charge is 0.479 e. The van der Waals surface area contributed by atoms with Gasteiger partial charge in [-0.3, -0.25) is 4.79 Å². The summed E-state index contributed by atoms with van der Waals surface area (Å²) in [5.74, 6) is -2.45. The fourth-order valence-electron chi connectivity index (χ4n) is 3.66. The van der Waals surface area contributed by atoms with Gasteiger partial charge in [0.1, 0.15) is 17.5 Å². The summed E-state index contributed by atoms with van der Waals surface area (Å²) in [6.07, 6.45) is -2.37. The first kappa shape index (κ1) is 22.4. The molecule has 172 valence electrons. The zero-order valence-corrected chi connectivity index (χ0v) is 17.1. The number of aryl methyl sites for hydroxylation is 1. The summed E-state index contributed by atoms with van der Waals surface area (Å²) in [7, 11) is 1.27. The van der Waals surface area contributed by atoms with Gasteiger partial charge in [-0.05, 0) is 48.2 Å². The number of carbonyl (C=O) groups is 1. The van der Waals surface area contributed by atoms with Crippen LogP contribution in [0.3, 0.4) is 0 Å². The van der Waals surface area contributed by atoms with Gasteiger partial charge in [0.05, 0.1) is 24.9 Å². The van der Waals surface area contributed by atoms with Crippen molar-refractivity contribution in [3.63, 3.8) is 0 Å². The quantitative estimate of drug-likeness (QED) is 0.523. The van der Waals surface area contributed by atoms with Crippen LogP contribution in [0.4, 0.5) is 33.5 Å². The molecule has 1 unspecified atom stereocenters. The third-order valence-corrected chi connectivity index (χ3v) is 5.14. The Labute approximate surface area is 184 Å². The molecular formula is C22H17F5N4O2. The summed E-state index contributed by atoms with van der Waals surface area (Å²) in [5, 5.41) is 5.33.